The first-order valence-corrected chi connectivity index (χ1v) is 7.47. The van der Waals surface area contributed by atoms with Gasteiger partial charge in [-0.1, -0.05) is 18.2 Å². The molecule has 2 amide bonds. The predicted octanol–water partition coefficient (Wildman–Crippen LogP) is 1.00. The molecule has 0 unspecified atom stereocenters. The minimum Gasteiger partial charge on any atom is -0.289 e. The second-order valence-electron chi connectivity index (χ2n) is 5.61. The molecule has 3 rings (SSSR count). The van der Waals surface area contributed by atoms with Crippen molar-refractivity contribution in [3.63, 3.8) is 0 Å². The van der Waals surface area contributed by atoms with Crippen molar-refractivity contribution >= 4 is 17.5 Å². The molecule has 1 N–H and O–H groups in total. The van der Waals surface area contributed by atoms with Crippen molar-refractivity contribution in [2.75, 3.05) is 0 Å². The molecule has 0 bridgehead atoms. The van der Waals surface area contributed by atoms with Crippen LogP contribution in [0.4, 0.5) is 5.69 Å². The van der Waals surface area contributed by atoms with E-state index in [1.54, 1.807) is 41.2 Å². The van der Waals surface area contributed by atoms with Crippen LogP contribution in [0.15, 0.2) is 54.9 Å². The highest BCUT2D eigenvalue weighted by Crippen LogP contribution is 2.37. The van der Waals surface area contributed by atoms with Gasteiger partial charge in [0, 0.05) is 24.3 Å². The number of nitrogens with zero attached hydrogens (tertiary/aromatic N) is 3. The van der Waals surface area contributed by atoms with E-state index in [-0.39, 0.29) is 5.69 Å². The van der Waals surface area contributed by atoms with Crippen molar-refractivity contribution in [3.05, 3.63) is 70.5 Å². The lowest BCUT2D eigenvalue weighted by atomic mass is 9.77. The second kappa shape index (κ2) is 6.49. The second-order valence-corrected chi connectivity index (χ2v) is 5.61. The fraction of sp³-hybridized carbons (Fsp3) is 0.176. The maximum absolute atomic E-state index is 12.5. The summed E-state index contributed by atoms with van der Waals surface area (Å²) in [6.07, 6.45) is 3.30. The van der Waals surface area contributed by atoms with Gasteiger partial charge in [0.15, 0.2) is 12.4 Å². The van der Waals surface area contributed by atoms with Gasteiger partial charge in [-0.15, -0.1) is 0 Å². The molecule has 2 heterocycles. The third-order valence-electron chi connectivity index (χ3n) is 4.16. The predicted molar refractivity (Wildman–Crippen MR) is 83.8 cm³/mol. The molecule has 1 aliphatic heterocycles. The maximum atomic E-state index is 12.5. The molecule has 8 heteroatoms. The van der Waals surface area contributed by atoms with Crippen LogP contribution in [-0.4, -0.2) is 16.7 Å². The van der Waals surface area contributed by atoms with E-state index in [1.807, 2.05) is 6.07 Å². The third kappa shape index (κ3) is 2.95. The Kier molecular flexibility index (Phi) is 4.22. The van der Waals surface area contributed by atoms with Crippen LogP contribution in [0.1, 0.15) is 17.5 Å². The number of piperidine rings is 1. The Morgan fingerprint density at radius 3 is 2.48 bits per heavy atom. The standard InChI is InChI=1S/C17H12N4O4/c18-10-13-14(11-5-4-6-12(9-11)21(24)25)15(17(23)19-16(13)22)20-7-2-1-3-8-20/h1-9,13-15H/p+1/t13-,14-,15-/m0/s1. The molecular weight excluding hydrogens is 324 g/mol. The highest BCUT2D eigenvalue weighted by Gasteiger charge is 2.50. The van der Waals surface area contributed by atoms with Crippen LogP contribution in [0.3, 0.4) is 0 Å². The number of aromatic nitrogens is 1. The number of carbonyl (C=O) groups excluding carboxylic acids is 2. The summed E-state index contributed by atoms with van der Waals surface area (Å²) >= 11 is 0. The van der Waals surface area contributed by atoms with E-state index in [9.17, 15) is 25.0 Å². The molecule has 1 aromatic carbocycles. The number of amides is 2. The third-order valence-corrected chi connectivity index (χ3v) is 4.16. The number of nitrogens with one attached hydrogen (secondary N) is 1. The lowest BCUT2D eigenvalue weighted by molar-refractivity contribution is -0.713. The average Bonchev–Trinajstić information content (AvgIpc) is 2.62. The number of hydrogen-bond donors (Lipinski definition) is 1. The van der Waals surface area contributed by atoms with Gasteiger partial charge >= 0.3 is 0 Å². The molecule has 0 radical (unpaired) electrons. The number of carbonyl (C=O) groups is 2. The molecule has 25 heavy (non-hydrogen) atoms. The molecule has 1 fully saturated rings. The first-order chi connectivity index (χ1) is 12.0. The quantitative estimate of drug-likeness (QED) is 0.388. The number of nitro benzene ring substituents is 1. The molecule has 0 spiro atoms. The van der Waals surface area contributed by atoms with E-state index in [4.69, 9.17) is 0 Å². The number of benzene rings is 1. The molecule has 1 aliphatic rings. The SMILES string of the molecule is N#C[C@@H]1C(=O)NC(=O)[C@@H]([n+]2ccccc2)[C@H]1c1cccc([N+](=O)[O-])c1. The molecule has 1 saturated heterocycles. The van der Waals surface area contributed by atoms with Crippen LogP contribution in [0.2, 0.25) is 0 Å². The van der Waals surface area contributed by atoms with Crippen LogP contribution in [-0.2, 0) is 9.59 Å². The fourth-order valence-corrected chi connectivity index (χ4v) is 3.06. The van der Waals surface area contributed by atoms with Crippen molar-refractivity contribution in [1.29, 1.82) is 5.26 Å². The topological polar surface area (TPSA) is 117 Å². The number of imide groups is 1. The first-order valence-electron chi connectivity index (χ1n) is 7.47. The number of pyridine rings is 1. The minimum absolute atomic E-state index is 0.163. The van der Waals surface area contributed by atoms with E-state index in [0.717, 1.165) is 0 Å². The van der Waals surface area contributed by atoms with Gasteiger partial charge in [-0.05, 0) is 5.56 Å². The smallest absolute Gasteiger partial charge is 0.289 e. The highest BCUT2D eigenvalue weighted by molar-refractivity contribution is 6.02. The minimum atomic E-state index is -1.14. The van der Waals surface area contributed by atoms with Crippen LogP contribution in [0.25, 0.3) is 0 Å². The molecule has 3 atom stereocenters. The van der Waals surface area contributed by atoms with Crippen LogP contribution >= 0.6 is 0 Å². The number of hydrogen-bond acceptors (Lipinski definition) is 5. The van der Waals surface area contributed by atoms with Gasteiger partial charge in [0.2, 0.25) is 11.9 Å². The molecule has 124 valence electrons. The van der Waals surface area contributed by atoms with Gasteiger partial charge in [0.05, 0.1) is 16.9 Å². The van der Waals surface area contributed by atoms with Crippen molar-refractivity contribution in [2.45, 2.75) is 12.0 Å². The van der Waals surface area contributed by atoms with Crippen molar-refractivity contribution in [1.82, 2.24) is 5.32 Å². The summed E-state index contributed by atoms with van der Waals surface area (Å²) < 4.78 is 1.59. The number of nitro groups is 1. The highest BCUT2D eigenvalue weighted by atomic mass is 16.6. The zero-order valence-corrected chi connectivity index (χ0v) is 12.9. The summed E-state index contributed by atoms with van der Waals surface area (Å²) in [5.74, 6) is -3.23. The number of non-ortho nitro benzene ring substituents is 1. The maximum Gasteiger partial charge on any atom is 0.296 e. The number of nitriles is 1. The Hall–Kier alpha value is -3.60. The first kappa shape index (κ1) is 16.3. The van der Waals surface area contributed by atoms with E-state index >= 15 is 0 Å². The Morgan fingerprint density at radius 2 is 1.84 bits per heavy atom. The van der Waals surface area contributed by atoms with Gasteiger partial charge in [-0.3, -0.25) is 25.0 Å². The van der Waals surface area contributed by atoms with Gasteiger partial charge < -0.3 is 0 Å². The van der Waals surface area contributed by atoms with E-state index in [0.29, 0.717) is 5.56 Å². The largest absolute Gasteiger partial charge is 0.296 e. The summed E-state index contributed by atoms with van der Waals surface area (Å²) in [5.41, 5.74) is 0.231. The van der Waals surface area contributed by atoms with Gasteiger partial charge in [-0.25, -0.2) is 0 Å². The zero-order valence-electron chi connectivity index (χ0n) is 12.9. The van der Waals surface area contributed by atoms with Crippen LogP contribution in [0, 0.1) is 27.4 Å². The van der Waals surface area contributed by atoms with E-state index in [2.05, 4.69) is 5.32 Å². The van der Waals surface area contributed by atoms with Crippen LogP contribution in [0.5, 0.6) is 0 Å². The fourth-order valence-electron chi connectivity index (χ4n) is 3.06. The molecule has 0 aliphatic carbocycles. The molecule has 2 aromatic rings. The molecular formula is C17H13N4O4+. The Labute approximate surface area is 142 Å². The van der Waals surface area contributed by atoms with Gasteiger partial charge in [0.25, 0.3) is 11.6 Å². The lowest BCUT2D eigenvalue weighted by Crippen LogP contribution is -2.59. The van der Waals surface area contributed by atoms with Crippen molar-refractivity contribution in [3.8, 4) is 6.07 Å². The van der Waals surface area contributed by atoms with Crippen molar-refractivity contribution in [2.24, 2.45) is 5.92 Å². The van der Waals surface area contributed by atoms with Gasteiger partial charge in [-0.2, -0.15) is 9.83 Å². The summed E-state index contributed by atoms with van der Waals surface area (Å²) in [6, 6.07) is 11.9. The van der Waals surface area contributed by atoms with Gasteiger partial charge in [0.1, 0.15) is 5.92 Å². The summed E-state index contributed by atoms with van der Waals surface area (Å²) in [5, 5.41) is 22.7. The molecule has 8 nitrogen and oxygen atoms in total. The Bertz CT molecular complexity index is 891. The summed E-state index contributed by atoms with van der Waals surface area (Å²) in [7, 11) is 0. The normalized spacial score (nSPS) is 22.8. The summed E-state index contributed by atoms with van der Waals surface area (Å²) in [6.45, 7) is 0. The van der Waals surface area contributed by atoms with E-state index in [1.165, 1.54) is 18.2 Å². The molecule has 1 aromatic heterocycles. The summed E-state index contributed by atoms with van der Waals surface area (Å²) in [4.78, 5) is 35.1. The average molecular weight is 337 g/mol. The Balaban J connectivity index is 2.16. The number of rotatable bonds is 3. The van der Waals surface area contributed by atoms with Crippen molar-refractivity contribution < 1.29 is 19.1 Å². The molecule has 0 saturated carbocycles. The lowest BCUT2D eigenvalue weighted by Gasteiger charge is -2.29. The zero-order chi connectivity index (χ0) is 18.0. The van der Waals surface area contributed by atoms with Crippen LogP contribution < -0.4 is 9.88 Å². The monoisotopic (exact) mass is 337 g/mol. The Morgan fingerprint density at radius 1 is 1.12 bits per heavy atom. The van der Waals surface area contributed by atoms with E-state index < -0.39 is 34.6 Å².